The monoisotopic (exact) mass is 379 g/mol. The van der Waals surface area contributed by atoms with Crippen molar-refractivity contribution in [1.29, 1.82) is 0 Å². The molecule has 1 heterocycles. The van der Waals surface area contributed by atoms with Gasteiger partial charge < -0.3 is 0 Å². The van der Waals surface area contributed by atoms with Crippen molar-refractivity contribution in [3.05, 3.63) is 38.8 Å². The molecule has 0 amide bonds. The van der Waals surface area contributed by atoms with Gasteiger partial charge in [0.1, 0.15) is 10.9 Å². The van der Waals surface area contributed by atoms with Crippen molar-refractivity contribution in [2.45, 2.75) is 32.1 Å². The van der Waals surface area contributed by atoms with Crippen LogP contribution in [0.25, 0.3) is 10.6 Å². The topological polar surface area (TPSA) is 47.0 Å². The molecule has 2 atom stereocenters. The van der Waals surface area contributed by atoms with E-state index < -0.39 is 5.92 Å². The number of aryl methyl sites for hydroxylation is 1. The van der Waals surface area contributed by atoms with Gasteiger partial charge in [0.25, 0.3) is 0 Å². The second-order valence-corrected chi connectivity index (χ2v) is 8.39. The summed E-state index contributed by atoms with van der Waals surface area (Å²) < 4.78 is 0. The predicted molar refractivity (Wildman–Crippen MR) is 95.9 cm³/mol. The van der Waals surface area contributed by atoms with E-state index in [-0.39, 0.29) is 23.4 Å². The van der Waals surface area contributed by atoms with Gasteiger partial charge in [0.05, 0.1) is 15.7 Å². The maximum absolute atomic E-state index is 12.7. The van der Waals surface area contributed by atoms with Gasteiger partial charge in [0.2, 0.25) is 0 Å². The second kappa shape index (κ2) is 5.94. The lowest BCUT2D eigenvalue weighted by molar-refractivity contribution is -0.135. The van der Waals surface area contributed by atoms with Crippen LogP contribution in [0.4, 0.5) is 0 Å². The molecular formula is C18H15Cl2NO2S. The quantitative estimate of drug-likeness (QED) is 0.683. The molecule has 0 N–H and O–H groups in total. The van der Waals surface area contributed by atoms with E-state index in [9.17, 15) is 9.59 Å². The van der Waals surface area contributed by atoms with E-state index in [1.807, 2.05) is 13.0 Å². The smallest absolute Gasteiger partial charge is 0.151 e. The zero-order valence-electron chi connectivity index (χ0n) is 13.0. The van der Waals surface area contributed by atoms with E-state index >= 15 is 0 Å². The Kier molecular flexibility index (Phi) is 4.02. The summed E-state index contributed by atoms with van der Waals surface area (Å²) in [5, 5.41) is 1.72. The van der Waals surface area contributed by atoms with Crippen LogP contribution < -0.4 is 0 Å². The number of benzene rings is 1. The Morgan fingerprint density at radius 2 is 1.75 bits per heavy atom. The number of halogens is 2. The number of ketones is 2. The molecule has 6 heteroatoms. The van der Waals surface area contributed by atoms with Crippen LogP contribution in [0.1, 0.15) is 35.8 Å². The second-order valence-electron chi connectivity index (χ2n) is 6.54. The molecule has 124 valence electrons. The maximum Gasteiger partial charge on any atom is 0.151 e. The Hall–Kier alpha value is -1.23. The van der Waals surface area contributed by atoms with Crippen LogP contribution in [0.2, 0.25) is 10.0 Å². The normalized spacial score (nSPS) is 26.2. The number of rotatable bonds is 2. The van der Waals surface area contributed by atoms with Crippen LogP contribution >= 0.6 is 34.5 Å². The molecule has 0 saturated heterocycles. The van der Waals surface area contributed by atoms with Crippen LogP contribution in [0.3, 0.4) is 0 Å². The first kappa shape index (κ1) is 16.2. The minimum Gasteiger partial charge on any atom is -0.298 e. The van der Waals surface area contributed by atoms with Crippen molar-refractivity contribution in [2.24, 2.45) is 11.8 Å². The van der Waals surface area contributed by atoms with Crippen molar-refractivity contribution >= 4 is 46.1 Å². The van der Waals surface area contributed by atoms with E-state index in [0.717, 1.165) is 40.4 Å². The Labute approximate surface area is 154 Å². The number of hydrogen-bond acceptors (Lipinski definition) is 4. The molecule has 4 rings (SSSR count). The molecule has 2 fully saturated rings. The molecule has 3 nitrogen and oxygen atoms in total. The van der Waals surface area contributed by atoms with Gasteiger partial charge in [-0.05, 0) is 38.3 Å². The van der Waals surface area contributed by atoms with Gasteiger partial charge in [0, 0.05) is 22.3 Å². The van der Waals surface area contributed by atoms with E-state index in [4.69, 9.17) is 23.2 Å². The Balaban J connectivity index is 1.74. The SMILES string of the molecule is Cc1nc(-c2ccc(Cl)c(Cl)c2)sc1C1C(=O)[C@@H]2CC[C@H](C2)C1=O. The molecule has 1 aromatic heterocycles. The van der Waals surface area contributed by atoms with Crippen LogP contribution in [0, 0.1) is 18.8 Å². The first-order valence-corrected chi connectivity index (χ1v) is 9.53. The number of thiazole rings is 1. The van der Waals surface area contributed by atoms with Gasteiger partial charge in [-0.25, -0.2) is 4.98 Å². The lowest BCUT2D eigenvalue weighted by Crippen LogP contribution is -2.34. The summed E-state index contributed by atoms with van der Waals surface area (Å²) in [5.41, 5.74) is 1.61. The molecule has 2 bridgehead atoms. The molecular weight excluding hydrogens is 365 g/mol. The number of carbonyl (C=O) groups is 2. The summed E-state index contributed by atoms with van der Waals surface area (Å²) in [5.74, 6) is -0.354. The van der Waals surface area contributed by atoms with E-state index in [0.29, 0.717) is 10.0 Å². The summed E-state index contributed by atoms with van der Waals surface area (Å²) in [6, 6.07) is 5.34. The summed E-state index contributed by atoms with van der Waals surface area (Å²) in [7, 11) is 0. The number of fused-ring (bicyclic) bond motifs is 2. The molecule has 0 aliphatic heterocycles. The standard InChI is InChI=1S/C18H15Cl2NO2S/c1-8-17(14-15(22)9-2-3-10(6-9)16(14)23)24-18(21-8)11-4-5-12(19)13(20)7-11/h4-5,7,9-10,14H,2-3,6H2,1H3/t9-,10-/m1/s1. The number of hydrogen-bond donors (Lipinski definition) is 0. The Morgan fingerprint density at radius 1 is 1.08 bits per heavy atom. The van der Waals surface area contributed by atoms with Crippen LogP contribution in [-0.2, 0) is 9.59 Å². The van der Waals surface area contributed by atoms with Gasteiger partial charge in [0.15, 0.2) is 11.6 Å². The van der Waals surface area contributed by atoms with Crippen LogP contribution in [-0.4, -0.2) is 16.6 Å². The lowest BCUT2D eigenvalue weighted by atomic mass is 9.78. The van der Waals surface area contributed by atoms with Crippen molar-refractivity contribution in [2.75, 3.05) is 0 Å². The van der Waals surface area contributed by atoms with Crippen LogP contribution in [0.5, 0.6) is 0 Å². The van der Waals surface area contributed by atoms with Crippen LogP contribution in [0.15, 0.2) is 18.2 Å². The summed E-state index contributed by atoms with van der Waals surface area (Å²) in [6.07, 6.45) is 2.44. The fourth-order valence-corrected chi connectivity index (χ4v) is 5.27. The van der Waals surface area contributed by atoms with Gasteiger partial charge in [-0.1, -0.05) is 29.3 Å². The molecule has 2 aromatic rings. The lowest BCUT2D eigenvalue weighted by Gasteiger charge is -2.24. The minimum atomic E-state index is -0.620. The number of aromatic nitrogens is 1. The molecule has 2 aliphatic rings. The predicted octanol–water partition coefficient (Wildman–Crippen LogP) is 5.08. The summed E-state index contributed by atoms with van der Waals surface area (Å²) in [6.45, 7) is 1.87. The highest BCUT2D eigenvalue weighted by atomic mass is 35.5. The highest BCUT2D eigenvalue weighted by Gasteiger charge is 2.48. The minimum absolute atomic E-state index is 0.0487. The molecule has 2 aliphatic carbocycles. The van der Waals surface area contributed by atoms with Crippen molar-refractivity contribution in [1.82, 2.24) is 4.98 Å². The van der Waals surface area contributed by atoms with E-state index in [2.05, 4.69) is 4.98 Å². The average Bonchev–Trinajstić information content (AvgIpc) is 3.15. The zero-order valence-corrected chi connectivity index (χ0v) is 15.3. The average molecular weight is 380 g/mol. The molecule has 0 spiro atoms. The number of Topliss-reactive ketones (excluding diaryl/α,β-unsaturated/α-hetero) is 2. The largest absolute Gasteiger partial charge is 0.298 e. The van der Waals surface area contributed by atoms with Gasteiger partial charge in [-0.15, -0.1) is 11.3 Å². The van der Waals surface area contributed by atoms with Gasteiger partial charge >= 0.3 is 0 Å². The molecule has 0 radical (unpaired) electrons. The number of nitrogens with zero attached hydrogens (tertiary/aromatic N) is 1. The molecule has 2 saturated carbocycles. The maximum atomic E-state index is 12.7. The van der Waals surface area contributed by atoms with Crippen molar-refractivity contribution < 1.29 is 9.59 Å². The third-order valence-corrected chi connectivity index (χ3v) is 7.08. The zero-order chi connectivity index (χ0) is 17.0. The fourth-order valence-electron chi connectivity index (χ4n) is 3.80. The van der Waals surface area contributed by atoms with E-state index in [1.165, 1.54) is 11.3 Å². The highest BCUT2D eigenvalue weighted by Crippen LogP contribution is 2.46. The summed E-state index contributed by atoms with van der Waals surface area (Å²) >= 11 is 13.5. The number of carbonyl (C=O) groups excluding carboxylic acids is 2. The summed E-state index contributed by atoms with van der Waals surface area (Å²) in [4.78, 5) is 30.8. The van der Waals surface area contributed by atoms with E-state index in [1.54, 1.807) is 12.1 Å². The van der Waals surface area contributed by atoms with Crippen molar-refractivity contribution in [3.8, 4) is 10.6 Å². The molecule has 0 unspecified atom stereocenters. The fraction of sp³-hybridized carbons (Fsp3) is 0.389. The Morgan fingerprint density at radius 3 is 2.38 bits per heavy atom. The Bertz CT molecular complexity index is 839. The van der Waals surface area contributed by atoms with Gasteiger partial charge in [-0.2, -0.15) is 0 Å². The first-order chi connectivity index (χ1) is 11.5. The molecule has 1 aromatic carbocycles. The molecule has 24 heavy (non-hydrogen) atoms. The highest BCUT2D eigenvalue weighted by molar-refractivity contribution is 7.15. The first-order valence-electron chi connectivity index (χ1n) is 7.96. The van der Waals surface area contributed by atoms with Gasteiger partial charge in [-0.3, -0.25) is 9.59 Å². The van der Waals surface area contributed by atoms with Crippen molar-refractivity contribution in [3.63, 3.8) is 0 Å². The third-order valence-electron chi connectivity index (χ3n) is 5.07. The third kappa shape index (κ3) is 2.52.